The summed E-state index contributed by atoms with van der Waals surface area (Å²) in [6, 6.07) is 5.18. The number of carbonyl (C=O) groups is 2. The Labute approximate surface area is 127 Å². The van der Waals surface area contributed by atoms with E-state index in [0.29, 0.717) is 17.7 Å². The van der Waals surface area contributed by atoms with Crippen LogP contribution in [-0.4, -0.2) is 32.1 Å². The highest BCUT2D eigenvalue weighted by Crippen LogP contribution is 2.25. The van der Waals surface area contributed by atoms with Gasteiger partial charge in [-0.2, -0.15) is 0 Å². The maximum Gasteiger partial charge on any atom is 0.338 e. The third kappa shape index (κ3) is 5.68. The van der Waals surface area contributed by atoms with Crippen LogP contribution in [-0.2, 0) is 14.9 Å². The summed E-state index contributed by atoms with van der Waals surface area (Å²) in [5.41, 5.74) is 1.71. The number of hydrogen-bond donors (Lipinski definition) is 0. The van der Waals surface area contributed by atoms with Crippen LogP contribution in [0, 0.1) is 0 Å². The fourth-order valence-electron chi connectivity index (χ4n) is 1.68. The number of benzene rings is 1. The number of esters is 1. The van der Waals surface area contributed by atoms with Gasteiger partial charge in [-0.15, -0.1) is 0 Å². The van der Waals surface area contributed by atoms with Crippen molar-refractivity contribution < 1.29 is 19.1 Å². The van der Waals surface area contributed by atoms with E-state index in [-0.39, 0.29) is 25.2 Å². The Hall–Kier alpha value is -1.68. The van der Waals surface area contributed by atoms with Gasteiger partial charge >= 0.3 is 5.97 Å². The average molecular weight is 294 g/mol. The Kier molecular flexibility index (Phi) is 7.30. The summed E-state index contributed by atoms with van der Waals surface area (Å²) >= 11 is 0. The highest BCUT2D eigenvalue weighted by atomic mass is 16.6. The Morgan fingerprint density at radius 3 is 2.10 bits per heavy atom. The van der Waals surface area contributed by atoms with E-state index >= 15 is 0 Å². The van der Waals surface area contributed by atoms with Crippen molar-refractivity contribution in [3.05, 3.63) is 34.9 Å². The highest BCUT2D eigenvalue weighted by molar-refractivity contribution is 5.98. The van der Waals surface area contributed by atoms with Crippen molar-refractivity contribution in [1.82, 2.24) is 0 Å². The maximum absolute atomic E-state index is 12.0. The Bertz CT molecular complexity index is 498. The van der Waals surface area contributed by atoms with Gasteiger partial charge in [-0.1, -0.05) is 28.2 Å². The molecule has 0 fully saturated rings. The van der Waals surface area contributed by atoms with Crippen molar-refractivity contribution in [1.29, 1.82) is 0 Å². The Morgan fingerprint density at radius 1 is 1.05 bits per heavy atom. The van der Waals surface area contributed by atoms with Crippen LogP contribution in [0.4, 0.5) is 0 Å². The van der Waals surface area contributed by atoms with Gasteiger partial charge in [0.2, 0.25) is 0 Å². The molecule has 1 aromatic rings. The van der Waals surface area contributed by atoms with Crippen molar-refractivity contribution in [2.75, 3.05) is 20.3 Å². The van der Waals surface area contributed by atoms with Crippen LogP contribution in [0.25, 0.3) is 0 Å². The third-order valence-electron chi connectivity index (χ3n) is 2.96. The molecule has 21 heavy (non-hydrogen) atoms. The third-order valence-corrected chi connectivity index (χ3v) is 2.96. The van der Waals surface area contributed by atoms with Crippen LogP contribution in [0.1, 0.15) is 61.4 Å². The smallest absolute Gasteiger partial charge is 0.338 e. The van der Waals surface area contributed by atoms with Crippen molar-refractivity contribution in [3.63, 3.8) is 0 Å². The molecule has 0 amide bonds. The highest BCUT2D eigenvalue weighted by Gasteiger charge is 2.19. The van der Waals surface area contributed by atoms with E-state index in [9.17, 15) is 9.59 Å². The van der Waals surface area contributed by atoms with E-state index in [2.05, 4.69) is 0 Å². The molecule has 0 saturated heterocycles. The minimum Gasteiger partial charge on any atom is -0.460 e. The van der Waals surface area contributed by atoms with Crippen LogP contribution in [0.3, 0.4) is 0 Å². The number of rotatable bonds is 5. The standard InChI is InChI=1S/C16H22O4.CH4/c1-11(17)12-8-13(15(18)20-7-6-19-5)10-14(9-12)16(2,3)4;/h8-10H,6-7H2,1-5H3;1H4. The zero-order valence-electron chi connectivity index (χ0n) is 12.8. The molecule has 0 unspecified atom stereocenters. The minimum atomic E-state index is -0.435. The maximum atomic E-state index is 12.0. The van der Waals surface area contributed by atoms with Gasteiger partial charge in [0.25, 0.3) is 0 Å². The van der Waals surface area contributed by atoms with Gasteiger partial charge in [-0.3, -0.25) is 4.79 Å². The molecule has 1 aromatic carbocycles. The predicted octanol–water partition coefficient (Wildman–Crippen LogP) is 3.63. The molecule has 0 aliphatic carbocycles. The van der Waals surface area contributed by atoms with Gasteiger partial charge in [0, 0.05) is 12.7 Å². The molecular formula is C17H26O4. The lowest BCUT2D eigenvalue weighted by Gasteiger charge is -2.20. The van der Waals surface area contributed by atoms with E-state index in [1.807, 2.05) is 26.8 Å². The van der Waals surface area contributed by atoms with Crippen LogP contribution >= 0.6 is 0 Å². The van der Waals surface area contributed by atoms with Gasteiger partial charge in [0.1, 0.15) is 6.61 Å². The summed E-state index contributed by atoms with van der Waals surface area (Å²) < 4.78 is 9.93. The molecule has 0 aliphatic heterocycles. The largest absolute Gasteiger partial charge is 0.460 e. The van der Waals surface area contributed by atoms with Crippen molar-refractivity contribution in [2.24, 2.45) is 0 Å². The molecule has 0 N–H and O–H groups in total. The SMILES string of the molecule is C.COCCOC(=O)c1cc(C(C)=O)cc(C(C)(C)C)c1. The van der Waals surface area contributed by atoms with Crippen LogP contribution in [0.2, 0.25) is 0 Å². The summed E-state index contributed by atoms with van der Waals surface area (Å²) in [4.78, 5) is 23.6. The zero-order valence-corrected chi connectivity index (χ0v) is 12.8. The molecule has 0 saturated carbocycles. The first-order chi connectivity index (χ1) is 9.25. The second kappa shape index (κ2) is 7.93. The van der Waals surface area contributed by atoms with Gasteiger partial charge in [0.15, 0.2) is 5.78 Å². The molecule has 4 nitrogen and oxygen atoms in total. The summed E-state index contributed by atoms with van der Waals surface area (Å²) in [5.74, 6) is -0.502. The molecule has 0 aromatic heterocycles. The molecule has 0 aliphatic rings. The summed E-state index contributed by atoms with van der Waals surface area (Å²) in [7, 11) is 1.54. The average Bonchev–Trinajstić information content (AvgIpc) is 2.37. The summed E-state index contributed by atoms with van der Waals surface area (Å²) in [6.07, 6.45) is 0. The molecule has 118 valence electrons. The zero-order chi connectivity index (χ0) is 15.3. The fraction of sp³-hybridized carbons (Fsp3) is 0.529. The molecule has 0 atom stereocenters. The van der Waals surface area contributed by atoms with E-state index in [0.717, 1.165) is 5.56 Å². The van der Waals surface area contributed by atoms with Gasteiger partial charge < -0.3 is 9.47 Å². The van der Waals surface area contributed by atoms with Crippen molar-refractivity contribution in [2.45, 2.75) is 40.5 Å². The lowest BCUT2D eigenvalue weighted by atomic mass is 9.84. The topological polar surface area (TPSA) is 52.6 Å². The van der Waals surface area contributed by atoms with Crippen molar-refractivity contribution in [3.8, 4) is 0 Å². The summed E-state index contributed by atoms with van der Waals surface area (Å²) in [6.45, 7) is 8.14. The number of hydrogen-bond acceptors (Lipinski definition) is 4. The minimum absolute atomic E-state index is 0. The predicted molar refractivity (Wildman–Crippen MR) is 84.0 cm³/mol. The monoisotopic (exact) mass is 294 g/mol. The normalized spacial score (nSPS) is 10.7. The van der Waals surface area contributed by atoms with Crippen LogP contribution in [0.5, 0.6) is 0 Å². The first-order valence-corrected chi connectivity index (χ1v) is 6.58. The van der Waals surface area contributed by atoms with Gasteiger partial charge in [0.05, 0.1) is 12.2 Å². The van der Waals surface area contributed by atoms with Crippen LogP contribution in [0.15, 0.2) is 18.2 Å². The fourth-order valence-corrected chi connectivity index (χ4v) is 1.68. The number of methoxy groups -OCH3 is 1. The van der Waals surface area contributed by atoms with E-state index in [4.69, 9.17) is 9.47 Å². The molecule has 4 heteroatoms. The molecule has 0 spiro atoms. The first-order valence-electron chi connectivity index (χ1n) is 6.58. The number of ketones is 1. The first kappa shape index (κ1) is 19.3. The molecule has 1 rings (SSSR count). The summed E-state index contributed by atoms with van der Waals surface area (Å²) in [5, 5.41) is 0. The lowest BCUT2D eigenvalue weighted by Crippen LogP contribution is -2.16. The molecule has 0 radical (unpaired) electrons. The second-order valence-electron chi connectivity index (χ2n) is 5.73. The molecular weight excluding hydrogens is 268 g/mol. The number of carbonyl (C=O) groups excluding carboxylic acids is 2. The Balaban J connectivity index is 0.00000400. The van der Waals surface area contributed by atoms with Gasteiger partial charge in [-0.25, -0.2) is 4.79 Å². The Morgan fingerprint density at radius 2 is 1.62 bits per heavy atom. The molecule has 0 heterocycles. The van der Waals surface area contributed by atoms with E-state index in [1.165, 1.54) is 6.92 Å². The molecule has 0 bridgehead atoms. The second-order valence-corrected chi connectivity index (χ2v) is 5.73. The number of Topliss-reactive ketones (excluding diaryl/α,β-unsaturated/α-hetero) is 1. The van der Waals surface area contributed by atoms with Crippen LogP contribution < -0.4 is 0 Å². The number of ether oxygens (including phenoxy) is 2. The van der Waals surface area contributed by atoms with E-state index in [1.54, 1.807) is 19.2 Å². The van der Waals surface area contributed by atoms with E-state index < -0.39 is 5.97 Å². The van der Waals surface area contributed by atoms with Crippen molar-refractivity contribution >= 4 is 11.8 Å². The quantitative estimate of drug-likeness (QED) is 0.473. The lowest BCUT2D eigenvalue weighted by molar-refractivity contribution is 0.0388. The van der Waals surface area contributed by atoms with Gasteiger partial charge in [-0.05, 0) is 36.1 Å².